The minimum absolute atomic E-state index is 0.293. The van der Waals surface area contributed by atoms with Crippen LogP contribution in [0, 0.1) is 11.3 Å². The van der Waals surface area contributed by atoms with Crippen LogP contribution in [0.2, 0.25) is 0 Å². The summed E-state index contributed by atoms with van der Waals surface area (Å²) in [6, 6.07) is 10.2. The van der Waals surface area contributed by atoms with Crippen LogP contribution in [0.25, 0.3) is 0 Å². The van der Waals surface area contributed by atoms with Crippen molar-refractivity contribution in [3.63, 3.8) is 0 Å². The van der Waals surface area contributed by atoms with Crippen LogP contribution in [0.3, 0.4) is 0 Å². The number of pyridine rings is 1. The molecule has 0 amide bonds. The lowest BCUT2D eigenvalue weighted by atomic mass is 10.1. The number of fused-ring (bicyclic) bond motifs is 1. The highest BCUT2D eigenvalue weighted by molar-refractivity contribution is 5.74. The summed E-state index contributed by atoms with van der Waals surface area (Å²) >= 11 is 0. The number of carboxylic acid groups (broad SMARTS) is 1. The highest BCUT2D eigenvalue weighted by Crippen LogP contribution is 2.33. The molecule has 6 heteroatoms. The smallest absolute Gasteiger partial charge is 0.345 e. The molecular formula is C15H10N2O4. The number of carbonyl (C=O) groups is 1. The molecule has 2 heterocycles. The molecule has 6 nitrogen and oxygen atoms in total. The fraction of sp³-hybridized carbons (Fsp3) is 0.133. The van der Waals surface area contributed by atoms with Crippen LogP contribution in [-0.4, -0.2) is 22.2 Å². The maximum atomic E-state index is 10.9. The second-order valence-electron chi connectivity index (χ2n) is 4.52. The van der Waals surface area contributed by atoms with E-state index in [1.54, 1.807) is 24.3 Å². The molecule has 1 aliphatic rings. The third-order valence-electron chi connectivity index (χ3n) is 3.07. The van der Waals surface area contributed by atoms with Crippen LogP contribution in [-0.2, 0) is 11.2 Å². The molecule has 21 heavy (non-hydrogen) atoms. The van der Waals surface area contributed by atoms with Crippen LogP contribution in [0.1, 0.15) is 11.1 Å². The number of rotatable bonds is 3. The predicted molar refractivity (Wildman–Crippen MR) is 71.2 cm³/mol. The number of nitrogens with zero attached hydrogens (tertiary/aromatic N) is 2. The fourth-order valence-corrected chi connectivity index (χ4v) is 2.06. The van der Waals surface area contributed by atoms with Gasteiger partial charge >= 0.3 is 5.97 Å². The first-order valence-corrected chi connectivity index (χ1v) is 6.22. The Bertz CT molecular complexity index is 752. The maximum absolute atomic E-state index is 10.9. The van der Waals surface area contributed by atoms with E-state index in [2.05, 4.69) is 4.98 Å². The van der Waals surface area contributed by atoms with E-state index in [9.17, 15) is 4.79 Å². The van der Waals surface area contributed by atoms with Gasteiger partial charge in [0.15, 0.2) is 6.10 Å². The summed E-state index contributed by atoms with van der Waals surface area (Å²) < 4.78 is 10.9. The standard InChI is InChI=1S/C15H10N2O4/c16-8-9-3-4-17-14(5-9)20-11-2-1-10-6-13(15(18)19)21-12(10)7-11/h1-5,7,13H,6H2,(H,18,19). The van der Waals surface area contributed by atoms with Gasteiger partial charge in [0.2, 0.25) is 5.88 Å². The highest BCUT2D eigenvalue weighted by Gasteiger charge is 2.29. The van der Waals surface area contributed by atoms with Crippen LogP contribution >= 0.6 is 0 Å². The Balaban J connectivity index is 1.81. The maximum Gasteiger partial charge on any atom is 0.345 e. The van der Waals surface area contributed by atoms with Crippen molar-refractivity contribution in [3.8, 4) is 23.4 Å². The zero-order chi connectivity index (χ0) is 14.8. The molecule has 1 aromatic heterocycles. The molecule has 0 fully saturated rings. The fourth-order valence-electron chi connectivity index (χ4n) is 2.06. The summed E-state index contributed by atoms with van der Waals surface area (Å²) in [6.07, 6.45) is 0.973. The Morgan fingerprint density at radius 1 is 1.43 bits per heavy atom. The van der Waals surface area contributed by atoms with Crippen molar-refractivity contribution in [1.82, 2.24) is 4.98 Å². The third-order valence-corrected chi connectivity index (χ3v) is 3.07. The Morgan fingerprint density at radius 3 is 3.05 bits per heavy atom. The first-order chi connectivity index (χ1) is 10.2. The second kappa shape index (κ2) is 5.13. The van der Waals surface area contributed by atoms with Gasteiger partial charge in [-0.15, -0.1) is 0 Å². The van der Waals surface area contributed by atoms with Crippen molar-refractivity contribution in [2.75, 3.05) is 0 Å². The molecule has 2 aromatic rings. The van der Waals surface area contributed by atoms with E-state index in [0.717, 1.165) is 5.56 Å². The molecule has 0 spiro atoms. The van der Waals surface area contributed by atoms with Crippen molar-refractivity contribution < 1.29 is 19.4 Å². The summed E-state index contributed by atoms with van der Waals surface area (Å²) in [7, 11) is 0. The lowest BCUT2D eigenvalue weighted by Crippen LogP contribution is -2.24. The summed E-state index contributed by atoms with van der Waals surface area (Å²) in [5.41, 5.74) is 1.27. The van der Waals surface area contributed by atoms with Crippen LogP contribution in [0.4, 0.5) is 0 Å². The monoisotopic (exact) mass is 282 g/mol. The number of carboxylic acids is 1. The molecular weight excluding hydrogens is 272 g/mol. The zero-order valence-electron chi connectivity index (χ0n) is 10.8. The minimum Gasteiger partial charge on any atom is -0.478 e. The number of ether oxygens (including phenoxy) is 2. The predicted octanol–water partition coefficient (Wildman–Crippen LogP) is 2.13. The van der Waals surface area contributed by atoms with Gasteiger partial charge in [0.05, 0.1) is 11.6 Å². The van der Waals surface area contributed by atoms with Gasteiger partial charge in [-0.3, -0.25) is 0 Å². The first-order valence-electron chi connectivity index (χ1n) is 6.22. The van der Waals surface area contributed by atoms with Crippen LogP contribution in [0.5, 0.6) is 17.4 Å². The van der Waals surface area contributed by atoms with Gasteiger partial charge in [-0.05, 0) is 17.7 Å². The van der Waals surface area contributed by atoms with Crippen molar-refractivity contribution >= 4 is 5.97 Å². The van der Waals surface area contributed by atoms with Gasteiger partial charge in [-0.25, -0.2) is 9.78 Å². The number of nitriles is 1. The molecule has 0 radical (unpaired) electrons. The summed E-state index contributed by atoms with van der Waals surface area (Å²) in [4.78, 5) is 14.9. The van der Waals surface area contributed by atoms with Gasteiger partial charge in [0, 0.05) is 24.8 Å². The SMILES string of the molecule is N#Cc1ccnc(Oc2ccc3c(c2)OC(C(=O)O)C3)c1. The van der Waals surface area contributed by atoms with E-state index in [-0.39, 0.29) is 0 Å². The summed E-state index contributed by atoms with van der Waals surface area (Å²) in [5.74, 6) is 0.276. The number of hydrogen-bond acceptors (Lipinski definition) is 5. The van der Waals surface area contributed by atoms with Crippen molar-refractivity contribution in [3.05, 3.63) is 47.7 Å². The molecule has 1 aliphatic heterocycles. The zero-order valence-corrected chi connectivity index (χ0v) is 10.8. The van der Waals surface area contributed by atoms with E-state index in [4.69, 9.17) is 19.8 Å². The normalized spacial score (nSPS) is 15.7. The molecule has 1 unspecified atom stereocenters. The molecule has 0 saturated heterocycles. The minimum atomic E-state index is -0.989. The lowest BCUT2D eigenvalue weighted by Gasteiger charge is -2.07. The Kier molecular flexibility index (Phi) is 3.16. The quantitative estimate of drug-likeness (QED) is 0.927. The number of benzene rings is 1. The molecule has 0 bridgehead atoms. The van der Waals surface area contributed by atoms with Crippen molar-refractivity contribution in [1.29, 1.82) is 5.26 Å². The molecule has 1 N–H and O–H groups in total. The van der Waals surface area contributed by atoms with Gasteiger partial charge in [-0.2, -0.15) is 5.26 Å². The third kappa shape index (κ3) is 2.62. The van der Waals surface area contributed by atoms with Crippen LogP contribution in [0.15, 0.2) is 36.5 Å². The molecule has 104 valence electrons. The lowest BCUT2D eigenvalue weighted by molar-refractivity contribution is -0.144. The van der Waals surface area contributed by atoms with Gasteiger partial charge < -0.3 is 14.6 Å². The molecule has 1 aromatic carbocycles. The number of hydrogen-bond donors (Lipinski definition) is 1. The van der Waals surface area contributed by atoms with E-state index < -0.39 is 12.1 Å². The number of aromatic nitrogens is 1. The second-order valence-corrected chi connectivity index (χ2v) is 4.52. The van der Waals surface area contributed by atoms with E-state index >= 15 is 0 Å². The molecule has 3 rings (SSSR count). The Hall–Kier alpha value is -3.07. The Morgan fingerprint density at radius 2 is 2.29 bits per heavy atom. The first kappa shape index (κ1) is 12.9. The van der Waals surface area contributed by atoms with E-state index in [1.807, 2.05) is 6.07 Å². The topological polar surface area (TPSA) is 92.4 Å². The van der Waals surface area contributed by atoms with Gasteiger partial charge in [0.25, 0.3) is 0 Å². The molecule has 0 aliphatic carbocycles. The Labute approximate surface area is 120 Å². The highest BCUT2D eigenvalue weighted by atomic mass is 16.5. The average molecular weight is 282 g/mol. The van der Waals surface area contributed by atoms with Crippen molar-refractivity contribution in [2.45, 2.75) is 12.5 Å². The molecule has 0 saturated carbocycles. The number of aliphatic carboxylic acids is 1. The molecule has 1 atom stereocenters. The summed E-state index contributed by atoms with van der Waals surface area (Å²) in [5, 5.41) is 17.8. The van der Waals surface area contributed by atoms with E-state index in [1.165, 1.54) is 12.3 Å². The largest absolute Gasteiger partial charge is 0.478 e. The van der Waals surface area contributed by atoms with Crippen molar-refractivity contribution in [2.24, 2.45) is 0 Å². The van der Waals surface area contributed by atoms with Crippen LogP contribution < -0.4 is 9.47 Å². The van der Waals surface area contributed by atoms with Gasteiger partial charge in [0.1, 0.15) is 11.5 Å². The van der Waals surface area contributed by atoms with E-state index in [0.29, 0.717) is 29.4 Å². The van der Waals surface area contributed by atoms with Gasteiger partial charge in [-0.1, -0.05) is 6.07 Å². The average Bonchev–Trinajstić information content (AvgIpc) is 2.91. The summed E-state index contributed by atoms with van der Waals surface area (Å²) in [6.45, 7) is 0.